The van der Waals surface area contributed by atoms with Gasteiger partial charge in [-0.05, 0) is 141 Å². The molecule has 4 N–H and O–H groups in total. The van der Waals surface area contributed by atoms with Gasteiger partial charge in [-0.2, -0.15) is 0 Å². The number of ether oxygens (including phenoxy) is 3. The first-order valence-corrected chi connectivity index (χ1v) is 49.5. The highest BCUT2D eigenvalue weighted by Crippen LogP contribution is 2.45. The van der Waals surface area contributed by atoms with Crippen molar-refractivity contribution >= 4 is 33.6 Å². The lowest BCUT2D eigenvalue weighted by molar-refractivity contribution is -0.161. The highest BCUT2D eigenvalue weighted by molar-refractivity contribution is 7.47. The molecule has 5 atom stereocenters. The molecule has 0 fully saturated rings. The van der Waals surface area contributed by atoms with Crippen LogP contribution in [-0.2, 0) is 55.8 Å². The normalized spacial score (nSPS) is 14.4. The van der Waals surface area contributed by atoms with Gasteiger partial charge in [0.15, 0.2) is 6.10 Å². The third-order valence-electron chi connectivity index (χ3n) is 19.8. The lowest BCUT2D eigenvalue weighted by Gasteiger charge is -2.21. The number of hydrogen-bond acceptors (Lipinski definition) is 14. The average Bonchev–Trinajstić information content (AvgIpc) is 0.902. The number of allylic oxidation sites excluding steroid dienone is 22. The van der Waals surface area contributed by atoms with Crippen LogP contribution in [0.3, 0.4) is 0 Å². The number of unbranched alkanes of at least 4 members (excludes halogenated alkanes) is 43. The van der Waals surface area contributed by atoms with E-state index in [1.165, 1.54) is 205 Å². The summed E-state index contributed by atoms with van der Waals surface area (Å²) in [5, 5.41) is 20.7. The molecule has 0 aliphatic carbocycles. The summed E-state index contributed by atoms with van der Waals surface area (Å²) in [6.07, 6.45) is 111. The zero-order chi connectivity index (χ0) is 83.6. The first kappa shape index (κ1) is 111. The molecule has 0 bridgehead atoms. The minimum Gasteiger partial charge on any atom is -0.463 e. The topological polar surface area (TPSA) is 231 Å². The zero-order valence-electron chi connectivity index (χ0n) is 73.2. The molecule has 0 aromatic heterocycles. The Labute approximate surface area is 703 Å². The second-order valence-corrected chi connectivity index (χ2v) is 34.0. The highest BCUT2D eigenvalue weighted by atomic mass is 31.2. The van der Waals surface area contributed by atoms with E-state index in [1.807, 2.05) is 0 Å². The SMILES string of the molecule is CC/C=C\C/C=C\C/C=C\C/C=C\C/C=C\C/C=C\CCCCCCCCCCCCCCCCCCC(=O)OCC(O)COP(=O)(O)OCC(O)COP(=O)(O)OCC(COC(=O)CCCCCCCCCCCCCCC/C=C\C/C=C\C/C=C\C/C=C\CCCCC)OC(=O)CCCCCCC/C=C\CCCCCCCC. The molecular weight excluding hydrogens is 1480 g/mol. The van der Waals surface area contributed by atoms with E-state index in [-0.39, 0.29) is 19.3 Å². The molecule has 16 nitrogen and oxygen atoms in total. The van der Waals surface area contributed by atoms with E-state index in [0.717, 1.165) is 141 Å². The number of hydrogen-bond donors (Lipinski definition) is 4. The van der Waals surface area contributed by atoms with E-state index in [4.69, 9.17) is 32.3 Å². The molecule has 18 heteroatoms. The number of rotatable bonds is 88. The number of carbonyl (C=O) groups is 3. The second kappa shape index (κ2) is 89.0. The molecular formula is C97H170O16P2. The van der Waals surface area contributed by atoms with Crippen LogP contribution in [-0.4, -0.2) is 95.9 Å². The van der Waals surface area contributed by atoms with Crippen molar-refractivity contribution < 1.29 is 75.8 Å². The van der Waals surface area contributed by atoms with Crippen LogP contribution in [0, 0.1) is 0 Å². The zero-order valence-corrected chi connectivity index (χ0v) is 75.0. The maximum Gasteiger partial charge on any atom is 0.472 e. The minimum absolute atomic E-state index is 0.0953. The Morgan fingerprint density at radius 1 is 0.252 bits per heavy atom. The molecule has 0 aliphatic heterocycles. The number of phosphoric ester groups is 2. The van der Waals surface area contributed by atoms with Crippen LogP contribution in [0.1, 0.15) is 406 Å². The third-order valence-corrected chi connectivity index (χ3v) is 21.7. The maximum absolute atomic E-state index is 13.0. The minimum atomic E-state index is -4.94. The molecule has 115 heavy (non-hydrogen) atoms. The first-order chi connectivity index (χ1) is 56.2. The summed E-state index contributed by atoms with van der Waals surface area (Å²) in [6.45, 7) is 2.58. The van der Waals surface area contributed by atoms with Crippen molar-refractivity contribution in [2.24, 2.45) is 0 Å². The van der Waals surface area contributed by atoms with Crippen LogP contribution >= 0.6 is 15.6 Å². The van der Waals surface area contributed by atoms with Gasteiger partial charge in [-0.1, -0.05) is 379 Å². The fraction of sp³-hybridized carbons (Fsp3) is 0.742. The summed E-state index contributed by atoms with van der Waals surface area (Å²) in [7, 11) is -9.80. The number of aliphatic hydroxyl groups is 2. The van der Waals surface area contributed by atoms with E-state index in [0.29, 0.717) is 19.3 Å². The maximum atomic E-state index is 13.0. The van der Waals surface area contributed by atoms with Crippen molar-refractivity contribution in [1.82, 2.24) is 0 Å². The van der Waals surface area contributed by atoms with Crippen LogP contribution < -0.4 is 0 Å². The largest absolute Gasteiger partial charge is 0.472 e. The fourth-order valence-corrected chi connectivity index (χ4v) is 14.4. The first-order valence-electron chi connectivity index (χ1n) is 46.5. The van der Waals surface area contributed by atoms with Crippen molar-refractivity contribution in [3.8, 4) is 0 Å². The van der Waals surface area contributed by atoms with Gasteiger partial charge < -0.3 is 34.2 Å². The number of phosphoric acid groups is 2. The fourth-order valence-electron chi connectivity index (χ4n) is 12.8. The second-order valence-electron chi connectivity index (χ2n) is 31.1. The van der Waals surface area contributed by atoms with Gasteiger partial charge >= 0.3 is 33.6 Å². The van der Waals surface area contributed by atoms with Crippen LogP contribution in [0.25, 0.3) is 0 Å². The van der Waals surface area contributed by atoms with Crippen molar-refractivity contribution in [3.63, 3.8) is 0 Å². The summed E-state index contributed by atoms with van der Waals surface area (Å²) >= 11 is 0. The molecule has 664 valence electrons. The van der Waals surface area contributed by atoms with E-state index < -0.39 is 91.5 Å². The van der Waals surface area contributed by atoms with E-state index in [2.05, 4.69) is 154 Å². The summed E-state index contributed by atoms with van der Waals surface area (Å²) < 4.78 is 61.4. The molecule has 0 saturated heterocycles. The molecule has 0 aromatic rings. The van der Waals surface area contributed by atoms with Crippen LogP contribution in [0.2, 0.25) is 0 Å². The van der Waals surface area contributed by atoms with Crippen molar-refractivity contribution in [1.29, 1.82) is 0 Å². The lowest BCUT2D eigenvalue weighted by Crippen LogP contribution is -2.30. The van der Waals surface area contributed by atoms with Gasteiger partial charge in [0.1, 0.15) is 25.4 Å². The van der Waals surface area contributed by atoms with Gasteiger partial charge in [-0.25, -0.2) is 9.13 Å². The number of carbonyl (C=O) groups excluding carboxylic acids is 3. The van der Waals surface area contributed by atoms with Gasteiger partial charge in [0.05, 0.1) is 26.4 Å². The Kier molecular flexibility index (Phi) is 85.6. The van der Waals surface area contributed by atoms with Crippen molar-refractivity contribution in [3.05, 3.63) is 134 Å². The van der Waals surface area contributed by atoms with E-state index in [1.54, 1.807) is 0 Å². The summed E-state index contributed by atoms with van der Waals surface area (Å²) in [4.78, 5) is 58.9. The number of aliphatic hydroxyl groups excluding tert-OH is 2. The molecule has 0 radical (unpaired) electrons. The monoisotopic (exact) mass is 1650 g/mol. The predicted octanol–water partition coefficient (Wildman–Crippen LogP) is 28.6. The lowest BCUT2D eigenvalue weighted by atomic mass is 10.0. The Morgan fingerprint density at radius 2 is 0.461 bits per heavy atom. The predicted molar refractivity (Wildman–Crippen MR) is 482 cm³/mol. The molecule has 0 aliphatic rings. The van der Waals surface area contributed by atoms with E-state index >= 15 is 0 Å². The van der Waals surface area contributed by atoms with Crippen molar-refractivity contribution in [2.45, 2.75) is 424 Å². The van der Waals surface area contributed by atoms with Gasteiger partial charge in [-0.3, -0.25) is 32.5 Å². The summed E-state index contributed by atoms with van der Waals surface area (Å²) in [6, 6.07) is 0. The summed E-state index contributed by atoms with van der Waals surface area (Å²) in [5.41, 5.74) is 0. The van der Waals surface area contributed by atoms with Crippen LogP contribution in [0.15, 0.2) is 134 Å². The molecule has 0 spiro atoms. The van der Waals surface area contributed by atoms with E-state index in [9.17, 15) is 43.5 Å². The molecule has 0 saturated carbocycles. The van der Waals surface area contributed by atoms with Crippen molar-refractivity contribution in [2.75, 3.05) is 39.6 Å². The highest BCUT2D eigenvalue weighted by Gasteiger charge is 2.29. The molecule has 0 aromatic carbocycles. The molecule has 5 unspecified atom stereocenters. The quantitative estimate of drug-likeness (QED) is 0.0146. The Balaban J connectivity index is 4.43. The molecule has 0 amide bonds. The van der Waals surface area contributed by atoms with Crippen LogP contribution in [0.4, 0.5) is 0 Å². The van der Waals surface area contributed by atoms with Gasteiger partial charge in [0.25, 0.3) is 0 Å². The van der Waals surface area contributed by atoms with Gasteiger partial charge in [0, 0.05) is 19.3 Å². The van der Waals surface area contributed by atoms with Gasteiger partial charge in [0.2, 0.25) is 0 Å². The Bertz CT molecular complexity index is 2620. The molecule has 0 rings (SSSR count). The van der Waals surface area contributed by atoms with Gasteiger partial charge in [-0.15, -0.1) is 0 Å². The van der Waals surface area contributed by atoms with Crippen LogP contribution in [0.5, 0.6) is 0 Å². The smallest absolute Gasteiger partial charge is 0.463 e. The Hall–Kier alpha value is -4.31. The standard InChI is InChI=1S/C97H170O16P2/c1-4-7-10-13-16-19-22-25-28-30-32-34-36-38-40-42-43-44-45-46-47-49-51-52-54-56-58-60-63-65-68-71-74-77-80-83-95(100)107-86-92(98)87-109-114(103,104)110-88-93(99)89-111-115(105,106)112-91-94(113-97(102)85-82-79-76-73-70-67-62-27-24-21-18-15-12-9-6-3)90-108-96(101)84-81-78-75-72-69-66-64-61-59-57-55-53-50-48-41-39-37-35-33-31-29-26-23-20-17-14-11-8-5-2/h7,10,16-17,19-20,25-29,32-35,38-41,43-44,62,92-94,98-99H,4-6,8-9,11-15,18,21-24,30-31,36-37,42,45-61,63-91H2,1-3H3,(H,103,104)(H,105,106)/b10-7-,19-16-,20-17-,28-25-,29-26-,34-32-,35-33-,40-38-,41-39-,44-43-,62-27-. The number of esters is 3. The third kappa shape index (κ3) is 90.3. The Morgan fingerprint density at radius 3 is 0.757 bits per heavy atom. The molecule has 0 heterocycles. The average molecular weight is 1650 g/mol. The summed E-state index contributed by atoms with van der Waals surface area (Å²) in [5.74, 6) is -1.57.